The van der Waals surface area contributed by atoms with Gasteiger partial charge >= 0.3 is 5.97 Å². The second kappa shape index (κ2) is 4.10. The Bertz CT molecular complexity index is 618. The fourth-order valence-electron chi connectivity index (χ4n) is 1.95. The standard InChI is InChI=1S/C13H16N2O3/c1-8-14-10-6-9(4-5-11(10)15(8)3)13(2,7-16)12(17)18/h4-6,16H,7H2,1-3H3,(H,17,18). The molecule has 1 atom stereocenters. The van der Waals surface area contributed by atoms with E-state index in [4.69, 9.17) is 0 Å². The van der Waals surface area contributed by atoms with Crippen molar-refractivity contribution >= 4 is 17.0 Å². The molecule has 2 N–H and O–H groups in total. The molecule has 18 heavy (non-hydrogen) atoms. The molecule has 0 amide bonds. The Morgan fingerprint density at radius 3 is 2.72 bits per heavy atom. The number of fused-ring (bicyclic) bond motifs is 1. The summed E-state index contributed by atoms with van der Waals surface area (Å²) in [4.78, 5) is 15.6. The number of carboxylic acids is 1. The fourth-order valence-corrected chi connectivity index (χ4v) is 1.95. The van der Waals surface area contributed by atoms with Crippen molar-refractivity contribution in [3.63, 3.8) is 0 Å². The molecule has 0 saturated heterocycles. The molecule has 5 heteroatoms. The highest BCUT2D eigenvalue weighted by molar-refractivity contribution is 5.84. The van der Waals surface area contributed by atoms with E-state index < -0.39 is 18.0 Å². The first-order valence-corrected chi connectivity index (χ1v) is 5.68. The van der Waals surface area contributed by atoms with Gasteiger partial charge in [0.2, 0.25) is 0 Å². The summed E-state index contributed by atoms with van der Waals surface area (Å²) in [6.45, 7) is 2.95. The maximum absolute atomic E-state index is 11.3. The van der Waals surface area contributed by atoms with Crippen molar-refractivity contribution in [1.82, 2.24) is 9.55 Å². The number of rotatable bonds is 3. The van der Waals surface area contributed by atoms with Crippen molar-refractivity contribution in [3.05, 3.63) is 29.6 Å². The highest BCUT2D eigenvalue weighted by atomic mass is 16.4. The van der Waals surface area contributed by atoms with Crippen LogP contribution < -0.4 is 0 Å². The topological polar surface area (TPSA) is 75.3 Å². The third kappa shape index (κ3) is 1.67. The lowest BCUT2D eigenvalue weighted by atomic mass is 9.83. The van der Waals surface area contributed by atoms with E-state index >= 15 is 0 Å². The number of hydrogen-bond acceptors (Lipinski definition) is 3. The van der Waals surface area contributed by atoms with E-state index in [0.29, 0.717) is 5.56 Å². The van der Waals surface area contributed by atoms with Gasteiger partial charge in [-0.1, -0.05) is 6.07 Å². The van der Waals surface area contributed by atoms with Gasteiger partial charge in [0.1, 0.15) is 11.2 Å². The van der Waals surface area contributed by atoms with Crippen molar-refractivity contribution in [2.45, 2.75) is 19.3 Å². The average Bonchev–Trinajstić information content (AvgIpc) is 2.63. The first-order chi connectivity index (χ1) is 8.40. The number of carboxylic acid groups (broad SMARTS) is 1. The number of hydrogen-bond donors (Lipinski definition) is 2. The molecule has 5 nitrogen and oxygen atoms in total. The van der Waals surface area contributed by atoms with Crippen LogP contribution >= 0.6 is 0 Å². The van der Waals surface area contributed by atoms with Crippen LogP contribution in [-0.4, -0.2) is 32.3 Å². The first kappa shape index (κ1) is 12.6. The summed E-state index contributed by atoms with van der Waals surface area (Å²) in [5.41, 5.74) is 0.957. The van der Waals surface area contributed by atoms with Crippen LogP contribution in [0.1, 0.15) is 18.3 Å². The molecule has 1 aromatic carbocycles. The lowest BCUT2D eigenvalue weighted by molar-refractivity contribution is -0.144. The van der Waals surface area contributed by atoms with Gasteiger partial charge in [0.25, 0.3) is 0 Å². The number of aliphatic hydroxyl groups is 1. The van der Waals surface area contributed by atoms with Crippen LogP contribution in [0, 0.1) is 6.92 Å². The second-order valence-corrected chi connectivity index (χ2v) is 4.72. The normalized spacial score (nSPS) is 14.7. The number of nitrogens with zero attached hydrogens (tertiary/aromatic N) is 2. The predicted molar refractivity (Wildman–Crippen MR) is 67.5 cm³/mol. The quantitative estimate of drug-likeness (QED) is 0.856. The first-order valence-electron chi connectivity index (χ1n) is 5.68. The molecule has 1 aromatic heterocycles. The Labute approximate surface area is 105 Å². The van der Waals surface area contributed by atoms with Gasteiger partial charge in [0.05, 0.1) is 17.6 Å². The number of carbonyl (C=O) groups is 1. The number of aliphatic carboxylic acids is 1. The van der Waals surface area contributed by atoms with Crippen LogP contribution in [0.15, 0.2) is 18.2 Å². The molecule has 0 aliphatic rings. The molecular weight excluding hydrogens is 232 g/mol. The monoisotopic (exact) mass is 248 g/mol. The number of imidazole rings is 1. The zero-order valence-electron chi connectivity index (χ0n) is 10.6. The van der Waals surface area contributed by atoms with E-state index in [1.165, 1.54) is 6.92 Å². The van der Waals surface area contributed by atoms with Gasteiger partial charge in [0, 0.05) is 7.05 Å². The summed E-state index contributed by atoms with van der Waals surface area (Å²) < 4.78 is 1.94. The van der Waals surface area contributed by atoms with Crippen LogP contribution in [0.3, 0.4) is 0 Å². The molecule has 0 aliphatic carbocycles. The maximum atomic E-state index is 11.3. The van der Waals surface area contributed by atoms with Gasteiger partial charge in [-0.05, 0) is 31.5 Å². The maximum Gasteiger partial charge on any atom is 0.316 e. The third-order valence-electron chi connectivity index (χ3n) is 3.53. The van der Waals surface area contributed by atoms with Gasteiger partial charge in [-0.3, -0.25) is 4.79 Å². The number of benzene rings is 1. The molecule has 0 aliphatic heterocycles. The summed E-state index contributed by atoms with van der Waals surface area (Å²) >= 11 is 0. The van der Waals surface area contributed by atoms with Gasteiger partial charge in [-0.2, -0.15) is 0 Å². The summed E-state index contributed by atoms with van der Waals surface area (Å²) in [6, 6.07) is 5.29. The van der Waals surface area contributed by atoms with Crippen LogP contribution in [0.25, 0.3) is 11.0 Å². The Morgan fingerprint density at radius 2 is 2.17 bits per heavy atom. The molecule has 2 aromatic rings. The van der Waals surface area contributed by atoms with Crippen LogP contribution in [-0.2, 0) is 17.3 Å². The largest absolute Gasteiger partial charge is 0.481 e. The lowest BCUT2D eigenvalue weighted by Crippen LogP contribution is -2.36. The molecular formula is C13H16N2O3. The smallest absolute Gasteiger partial charge is 0.316 e. The highest BCUT2D eigenvalue weighted by Crippen LogP contribution is 2.27. The van der Waals surface area contributed by atoms with Crippen LogP contribution in [0.5, 0.6) is 0 Å². The van der Waals surface area contributed by atoms with Crippen molar-refractivity contribution in [2.24, 2.45) is 7.05 Å². The predicted octanol–water partition coefficient (Wildman–Crippen LogP) is 1.22. The van der Waals surface area contributed by atoms with E-state index in [1.807, 2.05) is 24.6 Å². The van der Waals surface area contributed by atoms with Crippen LogP contribution in [0.2, 0.25) is 0 Å². The fraction of sp³-hybridized carbons (Fsp3) is 0.385. The summed E-state index contributed by atoms with van der Waals surface area (Å²) in [6.07, 6.45) is 0. The van der Waals surface area contributed by atoms with Crippen LogP contribution in [0.4, 0.5) is 0 Å². The van der Waals surface area contributed by atoms with Crippen molar-refractivity contribution < 1.29 is 15.0 Å². The molecule has 0 saturated carbocycles. The third-order valence-corrected chi connectivity index (χ3v) is 3.53. The number of aryl methyl sites for hydroxylation is 2. The zero-order valence-corrected chi connectivity index (χ0v) is 10.6. The number of aromatic nitrogens is 2. The minimum absolute atomic E-state index is 0.445. The molecule has 0 spiro atoms. The van der Waals surface area contributed by atoms with Crippen molar-refractivity contribution in [1.29, 1.82) is 0 Å². The zero-order chi connectivity index (χ0) is 13.5. The summed E-state index contributed by atoms with van der Waals surface area (Å²) in [5, 5.41) is 18.6. The lowest BCUT2D eigenvalue weighted by Gasteiger charge is -2.22. The van der Waals surface area contributed by atoms with E-state index in [1.54, 1.807) is 12.1 Å². The Kier molecular flexibility index (Phi) is 2.86. The van der Waals surface area contributed by atoms with E-state index in [2.05, 4.69) is 4.98 Å². The van der Waals surface area contributed by atoms with Crippen molar-refractivity contribution in [2.75, 3.05) is 6.61 Å². The number of aliphatic hydroxyl groups excluding tert-OH is 1. The SMILES string of the molecule is Cc1nc2cc(C(C)(CO)C(=O)O)ccc2n1C. The molecule has 0 fully saturated rings. The van der Waals surface area contributed by atoms with Gasteiger partial charge in [-0.25, -0.2) is 4.98 Å². The Hall–Kier alpha value is -1.88. The highest BCUT2D eigenvalue weighted by Gasteiger charge is 2.34. The Balaban J connectivity index is 2.63. The molecule has 0 bridgehead atoms. The summed E-state index contributed by atoms with van der Waals surface area (Å²) in [5.74, 6) is -0.180. The second-order valence-electron chi connectivity index (χ2n) is 4.72. The van der Waals surface area contributed by atoms with E-state index in [-0.39, 0.29) is 0 Å². The molecule has 0 radical (unpaired) electrons. The van der Waals surface area contributed by atoms with E-state index in [9.17, 15) is 15.0 Å². The Morgan fingerprint density at radius 1 is 1.50 bits per heavy atom. The minimum Gasteiger partial charge on any atom is -0.481 e. The van der Waals surface area contributed by atoms with Crippen molar-refractivity contribution in [3.8, 4) is 0 Å². The molecule has 1 unspecified atom stereocenters. The van der Waals surface area contributed by atoms with Gasteiger partial charge < -0.3 is 14.8 Å². The van der Waals surface area contributed by atoms with E-state index in [0.717, 1.165) is 16.9 Å². The molecule has 96 valence electrons. The van der Waals surface area contributed by atoms with Gasteiger partial charge in [0.15, 0.2) is 0 Å². The summed E-state index contributed by atoms with van der Waals surface area (Å²) in [7, 11) is 1.91. The minimum atomic E-state index is -1.29. The van der Waals surface area contributed by atoms with Gasteiger partial charge in [-0.15, -0.1) is 0 Å². The molecule has 1 heterocycles. The average molecular weight is 248 g/mol. The molecule has 2 rings (SSSR count).